The van der Waals surface area contributed by atoms with Crippen LogP contribution < -0.4 is 5.11 Å². The normalized spacial score (nSPS) is 28.8. The van der Waals surface area contributed by atoms with Crippen LogP contribution in [0.5, 0.6) is 0 Å². The summed E-state index contributed by atoms with van der Waals surface area (Å²) in [5.41, 5.74) is 0. The molecule has 0 amide bonds. The molecular formula is C5H9O5-. The van der Waals surface area contributed by atoms with E-state index >= 15 is 0 Å². The molecule has 0 aromatic rings. The third kappa shape index (κ3) is 1.89. The van der Waals surface area contributed by atoms with Crippen molar-refractivity contribution in [2.75, 3.05) is 6.61 Å². The molecule has 1 N–H and O–H groups in total. The Kier molecular flexibility index (Phi) is 3.04. The zero-order valence-corrected chi connectivity index (χ0v) is 5.36. The first-order valence-corrected chi connectivity index (χ1v) is 3.09. The third-order valence-corrected chi connectivity index (χ3v) is 1.41. The summed E-state index contributed by atoms with van der Waals surface area (Å²) >= 11 is 0. The van der Waals surface area contributed by atoms with Crippen molar-refractivity contribution in [2.45, 2.75) is 25.2 Å². The molecule has 60 valence electrons. The Hall–Kier alpha value is -0.200. The van der Waals surface area contributed by atoms with Gasteiger partial charge in [-0.25, -0.2) is 10.1 Å². The minimum Gasteiger partial charge on any atom is -0.827 e. The lowest BCUT2D eigenvalue weighted by Crippen LogP contribution is -2.39. The predicted octanol–water partition coefficient (Wildman–Crippen LogP) is -0.727. The molecule has 1 aliphatic heterocycles. The molecule has 0 aliphatic carbocycles. The highest BCUT2D eigenvalue weighted by molar-refractivity contribution is 4.65. The topological polar surface area (TPSA) is 71.0 Å². The van der Waals surface area contributed by atoms with Crippen LogP contribution in [0.3, 0.4) is 0 Å². The molecule has 1 aliphatic rings. The van der Waals surface area contributed by atoms with Crippen molar-refractivity contribution >= 4 is 0 Å². The summed E-state index contributed by atoms with van der Waals surface area (Å²) in [4.78, 5) is 3.90. The number of ether oxygens (including phenoxy) is 1. The Labute approximate surface area is 58.0 Å². The molecule has 0 aromatic carbocycles. The van der Waals surface area contributed by atoms with E-state index in [-0.39, 0.29) is 0 Å². The van der Waals surface area contributed by atoms with Gasteiger partial charge in [0, 0.05) is 12.9 Å². The van der Waals surface area contributed by atoms with Crippen LogP contribution in [0.15, 0.2) is 0 Å². The van der Waals surface area contributed by atoms with E-state index in [1.54, 1.807) is 0 Å². The zero-order chi connectivity index (χ0) is 7.40. The summed E-state index contributed by atoms with van der Waals surface area (Å²) in [6, 6.07) is 0. The average Bonchev–Trinajstić information content (AvgIpc) is 2.38. The molecule has 1 fully saturated rings. The lowest BCUT2D eigenvalue weighted by molar-refractivity contribution is -0.630. The predicted molar refractivity (Wildman–Crippen MR) is 27.6 cm³/mol. The minimum absolute atomic E-state index is 0.479. The zero-order valence-electron chi connectivity index (χ0n) is 5.36. The third-order valence-electron chi connectivity index (χ3n) is 1.41. The van der Waals surface area contributed by atoms with Crippen LogP contribution in [0.25, 0.3) is 0 Å². The first-order chi connectivity index (χ1) is 4.84. The smallest absolute Gasteiger partial charge is 0.0719 e. The molecule has 0 spiro atoms. The van der Waals surface area contributed by atoms with Crippen LogP contribution >= 0.6 is 0 Å². The quantitative estimate of drug-likeness (QED) is 0.325. The molecule has 1 rings (SSSR count). The molecule has 1 saturated heterocycles. The maximum Gasteiger partial charge on any atom is 0.0719 e. The number of hydrogen-bond acceptors (Lipinski definition) is 5. The summed E-state index contributed by atoms with van der Waals surface area (Å²) in [5.74, 6) is 0. The van der Waals surface area contributed by atoms with Crippen LogP contribution in [0.2, 0.25) is 0 Å². The van der Waals surface area contributed by atoms with Crippen molar-refractivity contribution in [1.29, 1.82) is 0 Å². The van der Waals surface area contributed by atoms with Gasteiger partial charge in [-0.2, -0.15) is 0 Å². The maximum atomic E-state index is 10.7. The van der Waals surface area contributed by atoms with Gasteiger partial charge in [0.15, 0.2) is 0 Å². The molecule has 1 heterocycles. The highest BCUT2D eigenvalue weighted by Crippen LogP contribution is 2.14. The van der Waals surface area contributed by atoms with E-state index in [4.69, 9.17) is 9.99 Å². The van der Waals surface area contributed by atoms with Gasteiger partial charge in [0.05, 0.1) is 6.10 Å². The fourth-order valence-electron chi connectivity index (χ4n) is 0.922. The Morgan fingerprint density at radius 3 is 3.00 bits per heavy atom. The van der Waals surface area contributed by atoms with Gasteiger partial charge < -0.3 is 9.84 Å². The summed E-state index contributed by atoms with van der Waals surface area (Å²) in [5, 5.41) is 21.6. The van der Waals surface area contributed by atoms with Gasteiger partial charge in [-0.15, -0.1) is 0 Å². The van der Waals surface area contributed by atoms with Crippen LogP contribution in [0.4, 0.5) is 0 Å². The van der Waals surface area contributed by atoms with Gasteiger partial charge in [0.2, 0.25) is 0 Å². The van der Waals surface area contributed by atoms with Crippen LogP contribution in [-0.2, 0) is 14.7 Å². The van der Waals surface area contributed by atoms with E-state index in [1.807, 2.05) is 0 Å². The van der Waals surface area contributed by atoms with E-state index < -0.39 is 12.4 Å². The van der Waals surface area contributed by atoms with Gasteiger partial charge in [-0.05, 0) is 12.8 Å². The molecule has 2 unspecified atom stereocenters. The minimum atomic E-state index is -1.44. The largest absolute Gasteiger partial charge is 0.827 e. The highest BCUT2D eigenvalue weighted by atomic mass is 17.5. The molecule has 5 nitrogen and oxygen atoms in total. The monoisotopic (exact) mass is 149 g/mol. The fraction of sp³-hybridized carbons (Fsp3) is 1.00. The second kappa shape index (κ2) is 3.85. The van der Waals surface area contributed by atoms with Crippen molar-refractivity contribution < 1.29 is 25.0 Å². The average molecular weight is 149 g/mol. The SMILES string of the molecule is [O-]C(OOO)C1CCCO1. The van der Waals surface area contributed by atoms with E-state index in [0.29, 0.717) is 13.0 Å². The molecule has 10 heavy (non-hydrogen) atoms. The molecular weight excluding hydrogens is 140 g/mol. The lowest BCUT2D eigenvalue weighted by Gasteiger charge is -2.24. The summed E-state index contributed by atoms with van der Waals surface area (Å²) < 4.78 is 4.94. The van der Waals surface area contributed by atoms with Crippen LogP contribution in [0, 0.1) is 0 Å². The van der Waals surface area contributed by atoms with E-state index in [0.717, 1.165) is 6.42 Å². The first-order valence-electron chi connectivity index (χ1n) is 3.09. The number of hydrogen-bond donors (Lipinski definition) is 1. The van der Waals surface area contributed by atoms with Crippen molar-refractivity contribution in [3.05, 3.63) is 0 Å². The number of rotatable bonds is 3. The molecule has 0 aromatic heterocycles. The van der Waals surface area contributed by atoms with E-state index in [1.165, 1.54) is 0 Å². The lowest BCUT2D eigenvalue weighted by atomic mass is 10.2. The summed E-state index contributed by atoms with van der Waals surface area (Å²) in [6.45, 7) is 0.582. The van der Waals surface area contributed by atoms with Gasteiger partial charge >= 0.3 is 0 Å². The molecule has 0 radical (unpaired) electrons. The molecule has 0 bridgehead atoms. The molecule has 2 atom stereocenters. The summed E-state index contributed by atoms with van der Waals surface area (Å²) in [6.07, 6.45) is -0.393. The van der Waals surface area contributed by atoms with Crippen molar-refractivity contribution in [2.24, 2.45) is 0 Å². The Morgan fingerprint density at radius 1 is 1.70 bits per heavy atom. The van der Waals surface area contributed by atoms with Gasteiger partial charge in [0.25, 0.3) is 0 Å². The maximum absolute atomic E-state index is 10.7. The van der Waals surface area contributed by atoms with E-state index in [2.05, 4.69) is 9.93 Å². The van der Waals surface area contributed by atoms with Gasteiger partial charge in [-0.1, -0.05) is 5.04 Å². The Morgan fingerprint density at radius 2 is 2.50 bits per heavy atom. The van der Waals surface area contributed by atoms with Gasteiger partial charge in [0.1, 0.15) is 0 Å². The second-order valence-electron chi connectivity index (χ2n) is 2.09. The van der Waals surface area contributed by atoms with Crippen molar-refractivity contribution in [3.63, 3.8) is 0 Å². The second-order valence-corrected chi connectivity index (χ2v) is 2.09. The fourth-order valence-corrected chi connectivity index (χ4v) is 0.922. The first kappa shape index (κ1) is 7.90. The summed E-state index contributed by atoms with van der Waals surface area (Å²) in [7, 11) is 0. The van der Waals surface area contributed by atoms with Gasteiger partial charge in [-0.3, -0.25) is 0 Å². The van der Waals surface area contributed by atoms with E-state index in [9.17, 15) is 5.11 Å². The van der Waals surface area contributed by atoms with Crippen molar-refractivity contribution in [3.8, 4) is 0 Å². The highest BCUT2D eigenvalue weighted by Gasteiger charge is 2.19. The standard InChI is InChI=1S/C5H9O5/c6-5(9-10-7)4-2-1-3-8-4/h4-5,7H,1-3H2/q-1. The van der Waals surface area contributed by atoms with Crippen molar-refractivity contribution in [1.82, 2.24) is 0 Å². The van der Waals surface area contributed by atoms with Crippen LogP contribution in [0.1, 0.15) is 12.8 Å². The molecule has 0 saturated carbocycles. The Balaban J connectivity index is 2.18. The molecule has 5 heteroatoms. The van der Waals surface area contributed by atoms with Crippen LogP contribution in [-0.4, -0.2) is 24.3 Å². The Bertz CT molecular complexity index is 90.0.